The van der Waals surface area contributed by atoms with Gasteiger partial charge in [-0.15, -0.1) is 0 Å². The van der Waals surface area contributed by atoms with Crippen LogP contribution in [0.2, 0.25) is 0 Å². The van der Waals surface area contributed by atoms with E-state index >= 15 is 0 Å². The zero-order valence-electron chi connectivity index (χ0n) is 17.0. The Labute approximate surface area is 157 Å². The molecule has 1 aromatic heterocycles. The molecule has 1 saturated carbocycles. The fourth-order valence-corrected chi connectivity index (χ4v) is 3.67. The maximum atomic E-state index is 6.25. The Balaban J connectivity index is 1.69. The third-order valence-corrected chi connectivity index (χ3v) is 6.25. The van der Waals surface area contributed by atoms with E-state index in [2.05, 4.69) is 71.5 Å². The first kappa shape index (κ1) is 17.8. The molecule has 0 N–H and O–H groups in total. The van der Waals surface area contributed by atoms with Gasteiger partial charge in [0.15, 0.2) is 0 Å². The van der Waals surface area contributed by atoms with Gasteiger partial charge in [0.05, 0.1) is 16.9 Å². The van der Waals surface area contributed by atoms with Crippen LogP contribution < -0.4 is 5.46 Å². The van der Waals surface area contributed by atoms with Crippen molar-refractivity contribution < 1.29 is 9.31 Å². The fourth-order valence-electron chi connectivity index (χ4n) is 3.67. The summed E-state index contributed by atoms with van der Waals surface area (Å²) in [4.78, 5) is 4.92. The molecule has 138 valence electrons. The first-order chi connectivity index (χ1) is 12.1. The lowest BCUT2D eigenvalue weighted by Gasteiger charge is -2.32. The third-order valence-electron chi connectivity index (χ3n) is 6.25. The summed E-state index contributed by atoms with van der Waals surface area (Å²) < 4.78 is 14.7. The molecular formula is C21H29BN2O2. The Bertz CT molecular complexity index is 849. The normalized spacial score (nSPS) is 21.4. The first-order valence-electron chi connectivity index (χ1n) is 9.59. The first-order valence-corrected chi connectivity index (χ1v) is 9.59. The molecule has 1 aromatic carbocycles. The summed E-state index contributed by atoms with van der Waals surface area (Å²) in [6, 6.07) is 4.44. The number of benzene rings is 1. The van der Waals surface area contributed by atoms with E-state index in [1.165, 1.54) is 35.4 Å². The van der Waals surface area contributed by atoms with Crippen molar-refractivity contribution in [3.63, 3.8) is 0 Å². The van der Waals surface area contributed by atoms with Crippen molar-refractivity contribution >= 4 is 12.6 Å². The van der Waals surface area contributed by atoms with Crippen LogP contribution in [0.15, 0.2) is 18.3 Å². The Hall–Kier alpha value is -1.59. The third kappa shape index (κ3) is 2.82. The van der Waals surface area contributed by atoms with Crippen molar-refractivity contribution in [2.24, 2.45) is 7.05 Å². The molecule has 4 rings (SSSR count). The Kier molecular flexibility index (Phi) is 3.91. The lowest BCUT2D eigenvalue weighted by Crippen LogP contribution is -2.41. The maximum Gasteiger partial charge on any atom is 0.495 e. The molecule has 2 aliphatic rings. The largest absolute Gasteiger partial charge is 0.495 e. The topological polar surface area (TPSA) is 36.3 Å². The van der Waals surface area contributed by atoms with Crippen molar-refractivity contribution in [1.82, 2.24) is 9.55 Å². The highest BCUT2D eigenvalue weighted by Crippen LogP contribution is 2.40. The molecule has 2 fully saturated rings. The van der Waals surface area contributed by atoms with E-state index in [9.17, 15) is 0 Å². The molecular weight excluding hydrogens is 323 g/mol. The summed E-state index contributed by atoms with van der Waals surface area (Å²) in [6.07, 6.45) is 4.69. The van der Waals surface area contributed by atoms with E-state index in [0.717, 1.165) is 11.2 Å². The van der Waals surface area contributed by atoms with Gasteiger partial charge in [-0.25, -0.2) is 4.98 Å². The molecule has 1 aliphatic carbocycles. The van der Waals surface area contributed by atoms with Crippen LogP contribution in [0.3, 0.4) is 0 Å². The second kappa shape index (κ2) is 5.70. The lowest BCUT2D eigenvalue weighted by molar-refractivity contribution is 0.00578. The van der Waals surface area contributed by atoms with Gasteiger partial charge in [0, 0.05) is 24.7 Å². The highest BCUT2D eigenvalue weighted by molar-refractivity contribution is 6.62. The van der Waals surface area contributed by atoms with Gasteiger partial charge in [0.2, 0.25) is 0 Å². The van der Waals surface area contributed by atoms with Gasteiger partial charge in [-0.05, 0) is 71.5 Å². The second-order valence-electron chi connectivity index (χ2n) is 8.98. The van der Waals surface area contributed by atoms with Gasteiger partial charge >= 0.3 is 7.12 Å². The van der Waals surface area contributed by atoms with E-state index in [4.69, 9.17) is 14.3 Å². The molecule has 0 radical (unpaired) electrons. The standard InChI is InChI=1S/C21H29BN2O2/c1-13-11-17(22-25-20(3,4)21(5,6)26-22)14(2)10-16(13)18-12-24(7)19(23-18)15-8-9-15/h10-12,15H,8-9H2,1-7H3. The summed E-state index contributed by atoms with van der Waals surface area (Å²) in [5, 5.41) is 0. The van der Waals surface area contributed by atoms with Crippen LogP contribution in [0.25, 0.3) is 11.3 Å². The zero-order chi connectivity index (χ0) is 18.9. The minimum atomic E-state index is -0.323. The Morgan fingerprint density at radius 1 is 1.04 bits per heavy atom. The van der Waals surface area contributed by atoms with Crippen molar-refractivity contribution in [2.45, 2.75) is 71.5 Å². The van der Waals surface area contributed by atoms with Crippen molar-refractivity contribution in [2.75, 3.05) is 0 Å². The minimum Gasteiger partial charge on any atom is -0.399 e. The molecule has 26 heavy (non-hydrogen) atoms. The number of imidazole rings is 1. The van der Waals surface area contributed by atoms with E-state index in [-0.39, 0.29) is 18.3 Å². The SMILES string of the molecule is Cc1cc(-c2cn(C)c(C3CC3)n2)c(C)cc1B1OC(C)(C)C(C)(C)O1. The summed E-state index contributed by atoms with van der Waals surface area (Å²) in [5.41, 5.74) is 5.13. The van der Waals surface area contributed by atoms with E-state index < -0.39 is 0 Å². The predicted molar refractivity (Wildman–Crippen MR) is 106 cm³/mol. The summed E-state index contributed by atoms with van der Waals surface area (Å²) in [5.74, 6) is 1.87. The van der Waals surface area contributed by atoms with Gasteiger partial charge in [0.25, 0.3) is 0 Å². The van der Waals surface area contributed by atoms with E-state index in [1.54, 1.807) is 0 Å². The van der Waals surface area contributed by atoms with Crippen molar-refractivity contribution in [3.8, 4) is 11.3 Å². The van der Waals surface area contributed by atoms with Gasteiger partial charge in [-0.3, -0.25) is 0 Å². The van der Waals surface area contributed by atoms with E-state index in [0.29, 0.717) is 5.92 Å². The molecule has 0 atom stereocenters. The smallest absolute Gasteiger partial charge is 0.399 e. The average Bonchev–Trinajstić information content (AvgIpc) is 3.25. The zero-order valence-corrected chi connectivity index (χ0v) is 17.0. The second-order valence-corrected chi connectivity index (χ2v) is 8.98. The van der Waals surface area contributed by atoms with Crippen LogP contribution in [0.4, 0.5) is 0 Å². The molecule has 0 spiro atoms. The number of hydrogen-bond acceptors (Lipinski definition) is 3. The molecule has 2 heterocycles. The Morgan fingerprint density at radius 3 is 2.23 bits per heavy atom. The van der Waals surface area contributed by atoms with Crippen LogP contribution >= 0.6 is 0 Å². The predicted octanol–water partition coefficient (Wildman–Crippen LogP) is 3.88. The quantitative estimate of drug-likeness (QED) is 0.787. The summed E-state index contributed by atoms with van der Waals surface area (Å²) in [7, 11) is 1.78. The monoisotopic (exact) mass is 352 g/mol. The molecule has 1 aliphatic heterocycles. The van der Waals surface area contributed by atoms with Crippen LogP contribution in [-0.2, 0) is 16.4 Å². The van der Waals surface area contributed by atoms with Crippen LogP contribution in [-0.4, -0.2) is 27.9 Å². The van der Waals surface area contributed by atoms with Crippen LogP contribution in [0.1, 0.15) is 63.4 Å². The number of hydrogen-bond donors (Lipinski definition) is 0. The van der Waals surface area contributed by atoms with Gasteiger partial charge in [-0.1, -0.05) is 11.6 Å². The van der Waals surface area contributed by atoms with Gasteiger partial charge in [0.1, 0.15) is 5.82 Å². The fraction of sp³-hybridized carbons (Fsp3) is 0.571. The van der Waals surface area contributed by atoms with Crippen molar-refractivity contribution in [3.05, 3.63) is 35.3 Å². The summed E-state index contributed by atoms with van der Waals surface area (Å²) >= 11 is 0. The molecule has 0 amide bonds. The highest BCUT2D eigenvalue weighted by atomic mass is 16.7. The molecule has 0 bridgehead atoms. The summed E-state index contributed by atoms with van der Waals surface area (Å²) in [6.45, 7) is 12.7. The molecule has 0 unspecified atom stereocenters. The molecule has 5 heteroatoms. The Morgan fingerprint density at radius 2 is 1.65 bits per heavy atom. The van der Waals surface area contributed by atoms with Gasteiger partial charge < -0.3 is 13.9 Å². The number of aromatic nitrogens is 2. The number of aryl methyl sites for hydroxylation is 3. The van der Waals surface area contributed by atoms with E-state index in [1.807, 2.05) is 0 Å². The highest BCUT2D eigenvalue weighted by Gasteiger charge is 2.52. The van der Waals surface area contributed by atoms with Crippen LogP contribution in [0.5, 0.6) is 0 Å². The van der Waals surface area contributed by atoms with Crippen molar-refractivity contribution in [1.29, 1.82) is 0 Å². The molecule has 1 saturated heterocycles. The number of rotatable bonds is 3. The van der Waals surface area contributed by atoms with Crippen LogP contribution in [0, 0.1) is 13.8 Å². The number of nitrogens with zero attached hydrogens (tertiary/aromatic N) is 2. The molecule has 4 nitrogen and oxygen atoms in total. The van der Waals surface area contributed by atoms with Gasteiger partial charge in [-0.2, -0.15) is 0 Å². The maximum absolute atomic E-state index is 6.25. The minimum absolute atomic E-state index is 0.321. The average molecular weight is 352 g/mol. The molecule has 2 aromatic rings. The lowest BCUT2D eigenvalue weighted by atomic mass is 9.74.